The van der Waals surface area contributed by atoms with Crippen LogP contribution in [0, 0.1) is 12.8 Å². The molecule has 7 heteroatoms. The molecule has 0 saturated carbocycles. The Morgan fingerprint density at radius 3 is 2.78 bits per heavy atom. The average Bonchev–Trinajstić information content (AvgIpc) is 3.15. The molecule has 0 aliphatic carbocycles. The summed E-state index contributed by atoms with van der Waals surface area (Å²) in [6.45, 7) is 8.82. The Morgan fingerprint density at radius 2 is 2.11 bits per heavy atom. The van der Waals surface area contributed by atoms with Crippen LogP contribution in [0.15, 0.2) is 24.3 Å². The molecule has 2 aromatic heterocycles. The number of ether oxygens (including phenoxy) is 1. The SMILES string of the molecule is CCOc1ccc(C(c2sc3nc(C)nn3c2O)N2CCCC(C)C2)cc1. The van der Waals surface area contributed by atoms with Gasteiger partial charge in [-0.25, -0.2) is 4.98 Å². The Bertz CT molecular complexity index is 918. The number of aromatic nitrogens is 3. The summed E-state index contributed by atoms with van der Waals surface area (Å²) < 4.78 is 7.16. The molecule has 0 amide bonds. The first-order chi connectivity index (χ1) is 13.1. The van der Waals surface area contributed by atoms with Crippen molar-refractivity contribution in [2.24, 2.45) is 5.92 Å². The number of hydrogen-bond donors (Lipinski definition) is 1. The Morgan fingerprint density at radius 1 is 1.33 bits per heavy atom. The molecule has 1 aliphatic rings. The minimum atomic E-state index is -0.00256. The van der Waals surface area contributed by atoms with Gasteiger partial charge in [-0.15, -0.1) is 5.10 Å². The van der Waals surface area contributed by atoms with Crippen molar-refractivity contribution in [3.05, 3.63) is 40.5 Å². The van der Waals surface area contributed by atoms with Gasteiger partial charge >= 0.3 is 0 Å². The van der Waals surface area contributed by atoms with Gasteiger partial charge in [-0.2, -0.15) is 4.52 Å². The summed E-state index contributed by atoms with van der Waals surface area (Å²) in [4.78, 5) is 8.56. The smallest absolute Gasteiger partial charge is 0.230 e. The van der Waals surface area contributed by atoms with Crippen LogP contribution < -0.4 is 4.74 Å². The van der Waals surface area contributed by atoms with E-state index in [1.165, 1.54) is 24.2 Å². The summed E-state index contributed by atoms with van der Waals surface area (Å²) in [6.07, 6.45) is 2.43. The molecule has 144 valence electrons. The van der Waals surface area contributed by atoms with Crippen molar-refractivity contribution >= 4 is 16.3 Å². The molecule has 6 nitrogen and oxygen atoms in total. The van der Waals surface area contributed by atoms with Gasteiger partial charge < -0.3 is 9.84 Å². The zero-order valence-electron chi connectivity index (χ0n) is 16.1. The predicted octanol–water partition coefficient (Wildman–Crippen LogP) is 4.02. The number of nitrogens with zero attached hydrogens (tertiary/aromatic N) is 4. The number of rotatable bonds is 5. The van der Waals surface area contributed by atoms with E-state index in [0.717, 1.165) is 34.2 Å². The van der Waals surface area contributed by atoms with E-state index in [-0.39, 0.29) is 11.9 Å². The average molecular weight is 387 g/mol. The third kappa shape index (κ3) is 3.53. The van der Waals surface area contributed by atoms with Crippen LogP contribution in [-0.4, -0.2) is 44.3 Å². The lowest BCUT2D eigenvalue weighted by molar-refractivity contribution is 0.149. The third-order valence-corrected chi connectivity index (χ3v) is 6.19. The highest BCUT2D eigenvalue weighted by Crippen LogP contribution is 2.41. The van der Waals surface area contributed by atoms with E-state index < -0.39 is 0 Å². The zero-order valence-corrected chi connectivity index (χ0v) is 16.9. The zero-order chi connectivity index (χ0) is 19.0. The molecular weight excluding hydrogens is 360 g/mol. The van der Waals surface area contributed by atoms with Crippen LogP contribution in [0.3, 0.4) is 0 Å². The van der Waals surface area contributed by atoms with Gasteiger partial charge in [-0.05, 0) is 56.8 Å². The fourth-order valence-corrected chi connectivity index (χ4v) is 5.09. The van der Waals surface area contributed by atoms with Gasteiger partial charge in [0.25, 0.3) is 0 Å². The van der Waals surface area contributed by atoms with Gasteiger partial charge in [0.05, 0.1) is 17.5 Å². The monoisotopic (exact) mass is 386 g/mol. The number of fused-ring (bicyclic) bond motifs is 1. The maximum absolute atomic E-state index is 10.9. The molecule has 0 spiro atoms. The van der Waals surface area contributed by atoms with Crippen molar-refractivity contribution in [3.63, 3.8) is 0 Å². The minimum Gasteiger partial charge on any atom is -0.494 e. The van der Waals surface area contributed by atoms with E-state index in [4.69, 9.17) is 4.74 Å². The van der Waals surface area contributed by atoms with E-state index in [1.54, 1.807) is 4.52 Å². The second-order valence-electron chi connectivity index (χ2n) is 7.29. The summed E-state index contributed by atoms with van der Waals surface area (Å²) in [6, 6.07) is 8.23. The molecule has 2 atom stereocenters. The van der Waals surface area contributed by atoms with Crippen molar-refractivity contribution in [2.45, 2.75) is 39.7 Å². The van der Waals surface area contributed by atoms with Gasteiger partial charge in [0.2, 0.25) is 10.8 Å². The molecule has 27 heavy (non-hydrogen) atoms. The highest BCUT2D eigenvalue weighted by Gasteiger charge is 2.31. The molecule has 0 bridgehead atoms. The lowest BCUT2D eigenvalue weighted by Crippen LogP contribution is -2.37. The molecule has 3 aromatic rings. The molecule has 1 N–H and O–H groups in total. The van der Waals surface area contributed by atoms with Crippen LogP contribution in [0.25, 0.3) is 4.96 Å². The first-order valence-electron chi connectivity index (χ1n) is 9.58. The Hall–Kier alpha value is -2.12. The molecule has 1 aromatic carbocycles. The standard InChI is InChI=1S/C20H26N4O2S/c1-4-26-16-9-7-15(8-10-16)17(23-11-5-6-13(2)12-23)18-19(25)24-20(27-18)21-14(3)22-24/h7-10,13,17,25H,4-6,11-12H2,1-3H3. The summed E-state index contributed by atoms with van der Waals surface area (Å²) in [5, 5.41) is 15.2. The molecule has 0 radical (unpaired) electrons. The number of aryl methyl sites for hydroxylation is 1. The van der Waals surface area contributed by atoms with E-state index in [0.29, 0.717) is 18.3 Å². The van der Waals surface area contributed by atoms with Gasteiger partial charge in [-0.1, -0.05) is 30.4 Å². The fourth-order valence-electron chi connectivity index (χ4n) is 3.93. The number of piperidine rings is 1. The largest absolute Gasteiger partial charge is 0.494 e. The van der Waals surface area contributed by atoms with Crippen molar-refractivity contribution in [2.75, 3.05) is 19.7 Å². The van der Waals surface area contributed by atoms with Crippen LogP contribution in [0.1, 0.15) is 49.0 Å². The number of hydrogen-bond acceptors (Lipinski definition) is 6. The second kappa shape index (κ2) is 7.48. The number of thiazole rings is 1. The molecular formula is C20H26N4O2S. The van der Waals surface area contributed by atoms with Gasteiger partial charge in [0.15, 0.2) is 0 Å². The summed E-state index contributed by atoms with van der Waals surface area (Å²) in [7, 11) is 0. The minimum absolute atomic E-state index is 0.00256. The van der Waals surface area contributed by atoms with E-state index in [2.05, 4.69) is 34.0 Å². The summed E-state index contributed by atoms with van der Waals surface area (Å²) in [5.74, 6) is 2.39. The van der Waals surface area contributed by atoms with Crippen LogP contribution in [0.4, 0.5) is 0 Å². The maximum Gasteiger partial charge on any atom is 0.230 e. The normalized spacial score (nSPS) is 19.4. The van der Waals surface area contributed by atoms with Gasteiger partial charge in [0.1, 0.15) is 11.6 Å². The molecule has 1 fully saturated rings. The maximum atomic E-state index is 10.9. The van der Waals surface area contributed by atoms with Crippen LogP contribution in [0.5, 0.6) is 11.6 Å². The molecule has 3 heterocycles. The highest BCUT2D eigenvalue weighted by atomic mass is 32.1. The topological polar surface area (TPSA) is 62.9 Å². The Labute approximate surface area is 163 Å². The lowest BCUT2D eigenvalue weighted by atomic mass is 9.95. The van der Waals surface area contributed by atoms with Crippen molar-refractivity contribution < 1.29 is 9.84 Å². The van der Waals surface area contributed by atoms with Crippen LogP contribution in [-0.2, 0) is 0 Å². The van der Waals surface area contributed by atoms with Crippen LogP contribution in [0.2, 0.25) is 0 Å². The third-order valence-electron chi connectivity index (χ3n) is 5.11. The van der Waals surface area contributed by atoms with Crippen molar-refractivity contribution in [1.82, 2.24) is 19.5 Å². The second-order valence-corrected chi connectivity index (χ2v) is 8.30. The van der Waals surface area contributed by atoms with Gasteiger partial charge in [0, 0.05) is 6.54 Å². The first-order valence-corrected chi connectivity index (χ1v) is 10.4. The highest BCUT2D eigenvalue weighted by molar-refractivity contribution is 7.17. The summed E-state index contributed by atoms with van der Waals surface area (Å²) >= 11 is 1.52. The molecule has 1 saturated heterocycles. The summed E-state index contributed by atoms with van der Waals surface area (Å²) in [5.41, 5.74) is 1.16. The molecule has 2 unspecified atom stereocenters. The van der Waals surface area contributed by atoms with E-state index in [9.17, 15) is 5.11 Å². The Kier molecular flexibility index (Phi) is 5.06. The fraction of sp³-hybridized carbons (Fsp3) is 0.500. The molecule has 1 aliphatic heterocycles. The Balaban J connectivity index is 1.77. The van der Waals surface area contributed by atoms with E-state index in [1.807, 2.05) is 26.0 Å². The number of likely N-dealkylation sites (tertiary alicyclic amines) is 1. The van der Waals surface area contributed by atoms with E-state index >= 15 is 0 Å². The van der Waals surface area contributed by atoms with Crippen molar-refractivity contribution in [3.8, 4) is 11.6 Å². The molecule has 4 rings (SSSR count). The lowest BCUT2D eigenvalue weighted by Gasteiger charge is -2.37. The van der Waals surface area contributed by atoms with Crippen LogP contribution >= 0.6 is 11.3 Å². The van der Waals surface area contributed by atoms with Crippen molar-refractivity contribution in [1.29, 1.82) is 0 Å². The predicted molar refractivity (Wildman–Crippen MR) is 107 cm³/mol. The van der Waals surface area contributed by atoms with Gasteiger partial charge in [-0.3, -0.25) is 4.90 Å². The quantitative estimate of drug-likeness (QED) is 0.717. The number of aromatic hydroxyl groups is 1. The first kappa shape index (κ1) is 18.3. The number of benzene rings is 1.